The number of benzene rings is 1. The monoisotopic (exact) mass is 341 g/mol. The molecule has 24 heavy (non-hydrogen) atoms. The minimum atomic E-state index is -0.889. The largest absolute Gasteiger partial charge is 0.394 e. The summed E-state index contributed by atoms with van der Waals surface area (Å²) in [4.78, 5) is 14.2. The third kappa shape index (κ3) is 4.21. The molecule has 0 saturated carbocycles. The number of nitrogens with zero attached hydrogens (tertiary/aromatic N) is 1. The van der Waals surface area contributed by atoms with Crippen molar-refractivity contribution >= 4 is 6.03 Å². The van der Waals surface area contributed by atoms with Crippen LogP contribution in [-0.4, -0.2) is 47.3 Å². The number of aliphatic hydroxyl groups excluding tert-OH is 1. The Morgan fingerprint density at radius 2 is 2.04 bits per heavy atom. The maximum Gasteiger partial charge on any atom is 0.315 e. The molecule has 1 saturated heterocycles. The molecule has 0 aliphatic carbocycles. The molecule has 1 aromatic rings. The Hall–Kier alpha value is -1.73. The number of amides is 2. The highest BCUT2D eigenvalue weighted by atomic mass is 19.2. The van der Waals surface area contributed by atoms with Crippen LogP contribution >= 0.6 is 0 Å². The van der Waals surface area contributed by atoms with Crippen LogP contribution in [-0.2, 0) is 0 Å². The van der Waals surface area contributed by atoms with E-state index in [4.69, 9.17) is 5.11 Å². The van der Waals surface area contributed by atoms with Gasteiger partial charge in [-0.05, 0) is 44.9 Å². The highest BCUT2D eigenvalue weighted by Crippen LogP contribution is 2.34. The number of carbonyl (C=O) groups is 1. The Morgan fingerprint density at radius 3 is 2.62 bits per heavy atom. The van der Waals surface area contributed by atoms with Crippen LogP contribution in [0.1, 0.15) is 38.8 Å². The number of halogens is 2. The summed E-state index contributed by atoms with van der Waals surface area (Å²) in [5.41, 5.74) is 0.639. The second-order valence-corrected chi connectivity index (χ2v) is 6.55. The van der Waals surface area contributed by atoms with Gasteiger partial charge in [0.15, 0.2) is 11.6 Å². The molecule has 0 unspecified atom stereocenters. The molecule has 5 nitrogen and oxygen atoms in total. The molecule has 2 rings (SSSR count). The van der Waals surface area contributed by atoms with Gasteiger partial charge in [-0.2, -0.15) is 0 Å². The van der Waals surface area contributed by atoms with E-state index in [1.54, 1.807) is 13.0 Å². The van der Waals surface area contributed by atoms with Gasteiger partial charge < -0.3 is 15.7 Å². The van der Waals surface area contributed by atoms with Crippen molar-refractivity contribution in [3.63, 3.8) is 0 Å². The van der Waals surface area contributed by atoms with Crippen LogP contribution in [0.4, 0.5) is 13.6 Å². The molecule has 2 amide bonds. The maximum atomic E-state index is 13.6. The van der Waals surface area contributed by atoms with E-state index in [-0.39, 0.29) is 36.8 Å². The van der Waals surface area contributed by atoms with E-state index < -0.39 is 11.6 Å². The summed E-state index contributed by atoms with van der Waals surface area (Å²) in [5, 5.41) is 14.6. The van der Waals surface area contributed by atoms with Crippen LogP contribution in [0, 0.1) is 11.6 Å². The highest BCUT2D eigenvalue weighted by molar-refractivity contribution is 5.74. The van der Waals surface area contributed by atoms with Crippen LogP contribution in [0.2, 0.25) is 0 Å². The molecule has 1 fully saturated rings. The Bertz CT molecular complexity index is 583. The van der Waals surface area contributed by atoms with Crippen LogP contribution < -0.4 is 10.6 Å². The van der Waals surface area contributed by atoms with E-state index in [2.05, 4.69) is 15.5 Å². The summed E-state index contributed by atoms with van der Waals surface area (Å²) in [6, 6.07) is 2.91. The fraction of sp³-hybridized carbons (Fsp3) is 0.588. The van der Waals surface area contributed by atoms with Crippen LogP contribution in [0.3, 0.4) is 0 Å². The zero-order valence-electron chi connectivity index (χ0n) is 14.2. The first-order valence-electron chi connectivity index (χ1n) is 8.22. The molecule has 7 heteroatoms. The van der Waals surface area contributed by atoms with Crippen molar-refractivity contribution in [2.24, 2.45) is 0 Å². The minimum Gasteiger partial charge on any atom is -0.394 e. The van der Waals surface area contributed by atoms with Crippen molar-refractivity contribution in [3.05, 3.63) is 35.4 Å². The molecular weight excluding hydrogens is 316 g/mol. The van der Waals surface area contributed by atoms with E-state index in [1.165, 1.54) is 6.07 Å². The van der Waals surface area contributed by atoms with Crippen molar-refractivity contribution in [1.82, 2.24) is 15.5 Å². The zero-order valence-corrected chi connectivity index (χ0v) is 14.2. The van der Waals surface area contributed by atoms with Gasteiger partial charge in [0.25, 0.3) is 0 Å². The number of urea groups is 1. The lowest BCUT2D eigenvalue weighted by molar-refractivity contribution is 0.185. The van der Waals surface area contributed by atoms with Gasteiger partial charge in [-0.1, -0.05) is 6.07 Å². The van der Waals surface area contributed by atoms with Gasteiger partial charge in [0.05, 0.1) is 24.7 Å². The molecule has 134 valence electrons. The minimum absolute atomic E-state index is 0.150. The maximum absolute atomic E-state index is 13.6. The van der Waals surface area contributed by atoms with Crippen LogP contribution in [0.25, 0.3) is 0 Å². The van der Waals surface area contributed by atoms with Gasteiger partial charge >= 0.3 is 6.03 Å². The Kier molecular flexibility index (Phi) is 6.12. The third-order valence-electron chi connectivity index (χ3n) is 4.35. The van der Waals surface area contributed by atoms with E-state index in [0.29, 0.717) is 12.0 Å². The summed E-state index contributed by atoms with van der Waals surface area (Å²) in [6.07, 6.45) is 0.711. The smallest absolute Gasteiger partial charge is 0.315 e. The number of hydrogen-bond donors (Lipinski definition) is 3. The van der Waals surface area contributed by atoms with E-state index in [0.717, 1.165) is 12.6 Å². The second-order valence-electron chi connectivity index (χ2n) is 6.55. The van der Waals surface area contributed by atoms with E-state index in [9.17, 15) is 13.6 Å². The summed E-state index contributed by atoms with van der Waals surface area (Å²) in [5.74, 6) is -1.77. The third-order valence-corrected chi connectivity index (χ3v) is 4.35. The molecule has 0 spiro atoms. The van der Waals surface area contributed by atoms with Gasteiger partial charge in [-0.3, -0.25) is 4.90 Å². The van der Waals surface area contributed by atoms with Gasteiger partial charge in [0, 0.05) is 12.6 Å². The average Bonchev–Trinajstić information content (AvgIpc) is 2.93. The topological polar surface area (TPSA) is 64.6 Å². The fourth-order valence-electron chi connectivity index (χ4n) is 3.15. The predicted octanol–water partition coefficient (Wildman–Crippen LogP) is 2.17. The Labute approximate surface area is 141 Å². The molecule has 0 bridgehead atoms. The standard InChI is InChI=1S/C17H25F2N3O2/c1-10(2)22-7-6-15(21-17(24)20-11(3)9-23)16(22)12-4-5-13(18)14(19)8-12/h4-5,8,10-11,15-16,23H,6-7,9H2,1-3H3,(H2,20,21,24)/t11-,15-,16-/m0/s1. The molecule has 3 atom stereocenters. The zero-order chi connectivity index (χ0) is 17.9. The van der Waals surface area contributed by atoms with E-state index in [1.807, 2.05) is 13.8 Å². The molecule has 0 aromatic heterocycles. The first kappa shape index (κ1) is 18.6. The van der Waals surface area contributed by atoms with Crippen molar-refractivity contribution in [2.75, 3.05) is 13.2 Å². The van der Waals surface area contributed by atoms with Gasteiger partial charge in [0.2, 0.25) is 0 Å². The Morgan fingerprint density at radius 1 is 1.33 bits per heavy atom. The van der Waals surface area contributed by atoms with Gasteiger partial charge in [-0.25, -0.2) is 13.6 Å². The van der Waals surface area contributed by atoms with Crippen LogP contribution in [0.5, 0.6) is 0 Å². The van der Waals surface area contributed by atoms with Crippen molar-refractivity contribution in [1.29, 1.82) is 0 Å². The number of carbonyl (C=O) groups excluding carboxylic acids is 1. The highest BCUT2D eigenvalue weighted by Gasteiger charge is 2.37. The normalized spacial score (nSPS) is 22.6. The van der Waals surface area contributed by atoms with Gasteiger partial charge in [-0.15, -0.1) is 0 Å². The molecule has 1 aliphatic heterocycles. The summed E-state index contributed by atoms with van der Waals surface area (Å²) < 4.78 is 26.9. The first-order chi connectivity index (χ1) is 11.3. The number of nitrogens with one attached hydrogen (secondary N) is 2. The van der Waals surface area contributed by atoms with Crippen molar-refractivity contribution in [2.45, 2.75) is 51.4 Å². The number of aliphatic hydroxyl groups is 1. The lowest BCUT2D eigenvalue weighted by Gasteiger charge is -2.32. The fourth-order valence-corrected chi connectivity index (χ4v) is 3.15. The second kappa shape index (κ2) is 7.90. The summed E-state index contributed by atoms with van der Waals surface area (Å²) in [6.45, 7) is 6.36. The van der Waals surface area contributed by atoms with Crippen LogP contribution in [0.15, 0.2) is 18.2 Å². The number of hydrogen-bond acceptors (Lipinski definition) is 3. The van der Waals surface area contributed by atoms with Crippen molar-refractivity contribution in [3.8, 4) is 0 Å². The Balaban J connectivity index is 2.20. The lowest BCUT2D eigenvalue weighted by Crippen LogP contribution is -2.48. The summed E-state index contributed by atoms with van der Waals surface area (Å²) >= 11 is 0. The molecule has 1 heterocycles. The molecule has 1 aromatic carbocycles. The molecule has 0 radical (unpaired) electrons. The SMILES string of the molecule is CC(C)N1CC[C@H](NC(=O)N[C@@H](C)CO)[C@@H]1c1ccc(F)c(F)c1. The predicted molar refractivity (Wildman–Crippen MR) is 87.6 cm³/mol. The molecular formula is C17H25F2N3O2. The summed E-state index contributed by atoms with van der Waals surface area (Å²) in [7, 11) is 0. The molecule has 3 N–H and O–H groups in total. The van der Waals surface area contributed by atoms with Crippen molar-refractivity contribution < 1.29 is 18.7 Å². The molecule has 1 aliphatic rings. The number of likely N-dealkylation sites (tertiary alicyclic amines) is 1. The van der Waals surface area contributed by atoms with Gasteiger partial charge in [0.1, 0.15) is 0 Å². The number of rotatable bonds is 5. The van der Waals surface area contributed by atoms with E-state index >= 15 is 0 Å². The first-order valence-corrected chi connectivity index (χ1v) is 8.22. The quantitative estimate of drug-likeness (QED) is 0.769. The lowest BCUT2D eigenvalue weighted by atomic mass is 9.99. The average molecular weight is 341 g/mol.